The van der Waals surface area contributed by atoms with Gasteiger partial charge in [-0.3, -0.25) is 0 Å². The van der Waals surface area contributed by atoms with Crippen molar-refractivity contribution in [2.75, 3.05) is 6.54 Å². The maximum atomic E-state index is 5.58. The molecule has 0 saturated carbocycles. The van der Waals surface area contributed by atoms with Gasteiger partial charge in [0.25, 0.3) is 0 Å². The first-order valence-electron chi connectivity index (χ1n) is 8.13. The van der Waals surface area contributed by atoms with Gasteiger partial charge in [-0.2, -0.15) is 0 Å². The quantitative estimate of drug-likeness (QED) is 0.553. The molecule has 0 amide bonds. The Morgan fingerprint density at radius 1 is 1.05 bits per heavy atom. The van der Waals surface area contributed by atoms with Gasteiger partial charge in [0.05, 0.1) is 6.26 Å². The second-order valence-electron chi connectivity index (χ2n) is 5.36. The molecule has 1 atom stereocenters. The monoisotopic (exact) mass is 265 g/mol. The lowest BCUT2D eigenvalue weighted by molar-refractivity contribution is 0.449. The highest BCUT2D eigenvalue weighted by atomic mass is 16.3. The fraction of sp³-hybridized carbons (Fsp3) is 0.765. The standard InChI is InChI=1S/C17H31NO/c1-4-7-8-9-10-11-16(18-13-5-2)15-12-14-19-17(15)6-3/h12,14,16,18H,4-11,13H2,1-3H3. The summed E-state index contributed by atoms with van der Waals surface area (Å²) >= 11 is 0. The Balaban J connectivity index is 2.47. The van der Waals surface area contributed by atoms with Crippen molar-refractivity contribution in [3.05, 3.63) is 23.7 Å². The Kier molecular flexibility index (Phi) is 8.64. The molecule has 0 spiro atoms. The molecule has 0 saturated heterocycles. The van der Waals surface area contributed by atoms with Gasteiger partial charge in [-0.1, -0.05) is 52.9 Å². The van der Waals surface area contributed by atoms with Crippen LogP contribution in [0.4, 0.5) is 0 Å². The van der Waals surface area contributed by atoms with E-state index in [-0.39, 0.29) is 0 Å². The highest BCUT2D eigenvalue weighted by molar-refractivity contribution is 5.21. The van der Waals surface area contributed by atoms with E-state index in [4.69, 9.17) is 4.42 Å². The third kappa shape index (κ3) is 5.82. The normalized spacial score (nSPS) is 12.8. The highest BCUT2D eigenvalue weighted by Gasteiger charge is 2.15. The second kappa shape index (κ2) is 10.1. The largest absolute Gasteiger partial charge is 0.469 e. The molecule has 0 radical (unpaired) electrons. The fourth-order valence-corrected chi connectivity index (χ4v) is 2.59. The van der Waals surface area contributed by atoms with Crippen LogP contribution in [0.1, 0.15) is 83.1 Å². The lowest BCUT2D eigenvalue weighted by atomic mass is 9.99. The zero-order valence-corrected chi connectivity index (χ0v) is 13.0. The number of hydrogen-bond donors (Lipinski definition) is 1. The molecule has 0 aromatic carbocycles. The lowest BCUT2D eigenvalue weighted by Gasteiger charge is -2.18. The Morgan fingerprint density at radius 3 is 2.53 bits per heavy atom. The first-order valence-corrected chi connectivity index (χ1v) is 8.13. The van der Waals surface area contributed by atoms with Gasteiger partial charge in [0.1, 0.15) is 5.76 Å². The van der Waals surface area contributed by atoms with Crippen LogP contribution in [0.25, 0.3) is 0 Å². The molecule has 1 aromatic heterocycles. The van der Waals surface area contributed by atoms with Crippen molar-refractivity contribution in [2.45, 2.75) is 78.2 Å². The van der Waals surface area contributed by atoms with Crippen molar-refractivity contribution in [2.24, 2.45) is 0 Å². The first-order chi connectivity index (χ1) is 9.33. The fourth-order valence-electron chi connectivity index (χ4n) is 2.59. The van der Waals surface area contributed by atoms with Crippen LogP contribution >= 0.6 is 0 Å². The number of aryl methyl sites for hydroxylation is 1. The van der Waals surface area contributed by atoms with Crippen LogP contribution in [-0.2, 0) is 6.42 Å². The van der Waals surface area contributed by atoms with E-state index in [1.807, 2.05) is 6.26 Å². The Hall–Kier alpha value is -0.760. The van der Waals surface area contributed by atoms with Crippen LogP contribution in [0.5, 0.6) is 0 Å². The van der Waals surface area contributed by atoms with Crippen molar-refractivity contribution in [1.82, 2.24) is 5.32 Å². The molecule has 1 N–H and O–H groups in total. The molecule has 0 aliphatic carbocycles. The molecular weight excluding hydrogens is 234 g/mol. The number of unbranched alkanes of at least 4 members (excludes halogenated alkanes) is 4. The zero-order chi connectivity index (χ0) is 13.9. The van der Waals surface area contributed by atoms with Crippen molar-refractivity contribution in [1.29, 1.82) is 0 Å². The predicted octanol–water partition coefficient (Wildman–Crippen LogP) is 5.24. The Labute approximate surface area is 119 Å². The van der Waals surface area contributed by atoms with Crippen LogP contribution in [0.2, 0.25) is 0 Å². The molecule has 19 heavy (non-hydrogen) atoms. The van der Waals surface area contributed by atoms with Crippen LogP contribution in [0.15, 0.2) is 16.7 Å². The average molecular weight is 265 g/mol. The van der Waals surface area contributed by atoms with E-state index in [0.717, 1.165) is 18.7 Å². The summed E-state index contributed by atoms with van der Waals surface area (Å²) in [7, 11) is 0. The maximum absolute atomic E-state index is 5.58. The predicted molar refractivity (Wildman–Crippen MR) is 82.5 cm³/mol. The third-order valence-electron chi connectivity index (χ3n) is 3.71. The maximum Gasteiger partial charge on any atom is 0.108 e. The molecule has 2 heteroatoms. The van der Waals surface area contributed by atoms with E-state index in [9.17, 15) is 0 Å². The summed E-state index contributed by atoms with van der Waals surface area (Å²) in [4.78, 5) is 0. The van der Waals surface area contributed by atoms with Crippen molar-refractivity contribution in [3.8, 4) is 0 Å². The number of furan rings is 1. The first kappa shape index (κ1) is 16.3. The van der Waals surface area contributed by atoms with Crippen LogP contribution in [0, 0.1) is 0 Å². The highest BCUT2D eigenvalue weighted by Crippen LogP contribution is 2.25. The van der Waals surface area contributed by atoms with E-state index in [1.54, 1.807) is 0 Å². The minimum absolute atomic E-state index is 0.482. The average Bonchev–Trinajstić information content (AvgIpc) is 2.90. The summed E-state index contributed by atoms with van der Waals surface area (Å²) in [6.07, 6.45) is 12.0. The van der Waals surface area contributed by atoms with E-state index < -0.39 is 0 Å². The van der Waals surface area contributed by atoms with Gasteiger partial charge in [0.2, 0.25) is 0 Å². The van der Waals surface area contributed by atoms with E-state index in [1.165, 1.54) is 50.5 Å². The molecular formula is C17H31NO. The molecule has 1 heterocycles. The van der Waals surface area contributed by atoms with Gasteiger partial charge in [0, 0.05) is 18.0 Å². The Bertz CT molecular complexity index is 319. The van der Waals surface area contributed by atoms with Gasteiger partial charge >= 0.3 is 0 Å². The molecule has 110 valence electrons. The molecule has 1 rings (SSSR count). The number of rotatable bonds is 11. The van der Waals surface area contributed by atoms with Gasteiger partial charge in [0.15, 0.2) is 0 Å². The number of hydrogen-bond acceptors (Lipinski definition) is 2. The summed E-state index contributed by atoms with van der Waals surface area (Å²) in [6, 6.07) is 2.63. The SMILES string of the molecule is CCCCCCCC(NCCC)c1ccoc1CC. The molecule has 1 unspecified atom stereocenters. The molecule has 0 aliphatic heterocycles. The van der Waals surface area contributed by atoms with Crippen LogP contribution < -0.4 is 5.32 Å². The van der Waals surface area contributed by atoms with Crippen molar-refractivity contribution >= 4 is 0 Å². The Morgan fingerprint density at radius 2 is 1.84 bits per heavy atom. The van der Waals surface area contributed by atoms with Gasteiger partial charge in [-0.05, 0) is 25.5 Å². The molecule has 2 nitrogen and oxygen atoms in total. The van der Waals surface area contributed by atoms with Crippen LogP contribution in [-0.4, -0.2) is 6.54 Å². The third-order valence-corrected chi connectivity index (χ3v) is 3.71. The topological polar surface area (TPSA) is 25.2 Å². The van der Waals surface area contributed by atoms with E-state index in [2.05, 4.69) is 32.2 Å². The van der Waals surface area contributed by atoms with E-state index >= 15 is 0 Å². The molecule has 0 fully saturated rings. The van der Waals surface area contributed by atoms with Gasteiger partial charge < -0.3 is 9.73 Å². The summed E-state index contributed by atoms with van der Waals surface area (Å²) in [6.45, 7) is 7.75. The smallest absolute Gasteiger partial charge is 0.108 e. The zero-order valence-electron chi connectivity index (χ0n) is 13.0. The van der Waals surface area contributed by atoms with E-state index in [0.29, 0.717) is 6.04 Å². The lowest BCUT2D eigenvalue weighted by Crippen LogP contribution is -2.22. The van der Waals surface area contributed by atoms with Crippen molar-refractivity contribution < 1.29 is 4.42 Å². The second-order valence-corrected chi connectivity index (χ2v) is 5.36. The van der Waals surface area contributed by atoms with Crippen molar-refractivity contribution in [3.63, 3.8) is 0 Å². The minimum Gasteiger partial charge on any atom is -0.469 e. The summed E-state index contributed by atoms with van der Waals surface area (Å²) in [5, 5.41) is 3.68. The number of nitrogens with one attached hydrogen (secondary N) is 1. The summed E-state index contributed by atoms with van der Waals surface area (Å²) in [5.41, 5.74) is 1.38. The molecule has 1 aromatic rings. The van der Waals surface area contributed by atoms with Gasteiger partial charge in [-0.25, -0.2) is 0 Å². The van der Waals surface area contributed by atoms with Gasteiger partial charge in [-0.15, -0.1) is 0 Å². The minimum atomic E-state index is 0.482. The molecule has 0 aliphatic rings. The van der Waals surface area contributed by atoms with Crippen LogP contribution in [0.3, 0.4) is 0 Å². The molecule has 0 bridgehead atoms. The summed E-state index contributed by atoms with van der Waals surface area (Å²) in [5.74, 6) is 1.15. The summed E-state index contributed by atoms with van der Waals surface area (Å²) < 4.78 is 5.58.